The van der Waals surface area contributed by atoms with E-state index in [4.69, 9.17) is 11.6 Å². The highest BCUT2D eigenvalue weighted by Gasteiger charge is 2.32. The summed E-state index contributed by atoms with van der Waals surface area (Å²) in [6.07, 6.45) is -4.75. The molecule has 0 spiro atoms. The number of halogens is 6. The first-order valence-electron chi connectivity index (χ1n) is 7.47. The molecule has 1 aliphatic heterocycles. The van der Waals surface area contributed by atoms with Crippen molar-refractivity contribution in [2.24, 2.45) is 0 Å². The third-order valence-electron chi connectivity index (χ3n) is 3.83. The first-order chi connectivity index (χ1) is 11.4. The van der Waals surface area contributed by atoms with Gasteiger partial charge in [0.2, 0.25) is 0 Å². The summed E-state index contributed by atoms with van der Waals surface area (Å²) in [7, 11) is 0. The largest absolute Gasteiger partial charge is 0.573 e. The molecular weight excluding hydrogens is 432 g/mol. The Bertz CT molecular complexity index is 680. The maximum absolute atomic E-state index is 12.4. The van der Waals surface area contributed by atoms with Gasteiger partial charge in [0.25, 0.3) is 0 Å². The zero-order chi connectivity index (χ0) is 17.2. The fourth-order valence-electron chi connectivity index (χ4n) is 2.84. The molecule has 1 saturated heterocycles. The second kappa shape index (κ2) is 10.0. The Kier molecular flexibility index (Phi) is 8.99. The summed E-state index contributed by atoms with van der Waals surface area (Å²) in [6, 6.07) is 8.48. The van der Waals surface area contributed by atoms with E-state index in [1.807, 2.05) is 17.5 Å². The molecule has 0 radical (unpaired) electrons. The lowest BCUT2D eigenvalue weighted by molar-refractivity contribution is -0.274. The summed E-state index contributed by atoms with van der Waals surface area (Å²) in [5.74, 6) is -0.377. The number of piperazine rings is 1. The van der Waals surface area contributed by atoms with Crippen LogP contribution in [-0.4, -0.2) is 37.4 Å². The van der Waals surface area contributed by atoms with Crippen molar-refractivity contribution >= 4 is 47.8 Å². The molecule has 2 heterocycles. The average molecular weight is 450 g/mol. The molecule has 2 aromatic rings. The van der Waals surface area contributed by atoms with Gasteiger partial charge in [0, 0.05) is 31.1 Å². The van der Waals surface area contributed by atoms with Crippen molar-refractivity contribution in [2.45, 2.75) is 12.4 Å². The Balaban J connectivity index is 0.00000169. The van der Waals surface area contributed by atoms with Gasteiger partial charge in [0.15, 0.2) is 0 Å². The number of benzene rings is 1. The monoisotopic (exact) mass is 448 g/mol. The summed E-state index contributed by atoms with van der Waals surface area (Å²) in [6.45, 7) is 3.48. The molecule has 3 rings (SSSR count). The van der Waals surface area contributed by atoms with Gasteiger partial charge >= 0.3 is 6.36 Å². The van der Waals surface area contributed by atoms with Gasteiger partial charge in [-0.3, -0.25) is 4.90 Å². The van der Waals surface area contributed by atoms with Gasteiger partial charge in [-0.15, -0.1) is 49.3 Å². The molecule has 1 aromatic carbocycles. The Morgan fingerprint density at radius 3 is 2.38 bits per heavy atom. The van der Waals surface area contributed by atoms with Crippen molar-refractivity contribution in [1.29, 1.82) is 0 Å². The number of ether oxygens (including phenoxy) is 1. The van der Waals surface area contributed by atoms with E-state index in [2.05, 4.69) is 15.0 Å². The number of nitrogens with one attached hydrogen (secondary N) is 1. The second-order valence-corrected chi connectivity index (χ2v) is 6.83. The zero-order valence-corrected chi connectivity index (χ0v) is 16.7. The van der Waals surface area contributed by atoms with Crippen LogP contribution in [0.2, 0.25) is 5.02 Å². The molecular formula is C16H18Cl3F3N2OS. The third kappa shape index (κ3) is 5.90. The number of rotatable bonds is 4. The van der Waals surface area contributed by atoms with E-state index in [9.17, 15) is 13.2 Å². The smallest absolute Gasteiger partial charge is 0.404 e. The third-order valence-corrected chi connectivity index (χ3v) is 5.05. The number of hydrogen-bond donors (Lipinski definition) is 1. The molecule has 10 heteroatoms. The number of hydrogen-bond acceptors (Lipinski definition) is 4. The normalized spacial score (nSPS) is 16.3. The standard InChI is InChI=1S/C16H16ClF3N2OS.2ClH/c17-12-10-11(3-4-13(12)23-16(18,19)20)15(14-2-1-9-24-14)22-7-5-21-6-8-22;;/h1-4,9-10,15,21H,5-8H2;2*1H/t15-;;/m1../s1. The van der Waals surface area contributed by atoms with Crippen LogP contribution >= 0.6 is 47.8 Å². The predicted molar refractivity (Wildman–Crippen MR) is 103 cm³/mol. The van der Waals surface area contributed by atoms with Crippen LogP contribution < -0.4 is 10.1 Å². The maximum atomic E-state index is 12.4. The Hall–Kier alpha value is -0.700. The number of nitrogens with zero attached hydrogens (tertiary/aromatic N) is 1. The van der Waals surface area contributed by atoms with Crippen molar-refractivity contribution in [3.05, 3.63) is 51.2 Å². The number of thiophene rings is 1. The van der Waals surface area contributed by atoms with Crippen molar-refractivity contribution in [1.82, 2.24) is 10.2 Å². The fraction of sp³-hybridized carbons (Fsp3) is 0.375. The van der Waals surface area contributed by atoms with E-state index < -0.39 is 6.36 Å². The highest BCUT2D eigenvalue weighted by molar-refractivity contribution is 7.10. The summed E-state index contributed by atoms with van der Waals surface area (Å²) in [4.78, 5) is 3.44. The molecule has 3 nitrogen and oxygen atoms in total. The van der Waals surface area contributed by atoms with Crippen LogP contribution in [0, 0.1) is 0 Å². The molecule has 1 aromatic heterocycles. The highest BCUT2D eigenvalue weighted by atomic mass is 35.5. The summed E-state index contributed by atoms with van der Waals surface area (Å²) >= 11 is 7.65. The first kappa shape index (κ1) is 23.3. The van der Waals surface area contributed by atoms with Gasteiger partial charge in [0.1, 0.15) is 5.75 Å². The van der Waals surface area contributed by atoms with E-state index in [1.165, 1.54) is 6.07 Å². The lowest BCUT2D eigenvalue weighted by Crippen LogP contribution is -2.45. The molecule has 1 fully saturated rings. The van der Waals surface area contributed by atoms with Crippen LogP contribution in [0.5, 0.6) is 5.75 Å². The fourth-order valence-corrected chi connectivity index (χ4v) is 3.95. The summed E-state index contributed by atoms with van der Waals surface area (Å²) in [5, 5.41) is 5.26. The molecule has 1 aliphatic rings. The summed E-state index contributed by atoms with van der Waals surface area (Å²) < 4.78 is 41.2. The van der Waals surface area contributed by atoms with Crippen LogP contribution in [0.4, 0.5) is 13.2 Å². The van der Waals surface area contributed by atoms with Crippen molar-refractivity contribution < 1.29 is 17.9 Å². The minimum atomic E-state index is -4.75. The van der Waals surface area contributed by atoms with Crippen LogP contribution in [0.3, 0.4) is 0 Å². The molecule has 0 bridgehead atoms. The van der Waals surface area contributed by atoms with Crippen molar-refractivity contribution in [3.63, 3.8) is 0 Å². The quantitative estimate of drug-likeness (QED) is 0.699. The van der Waals surface area contributed by atoms with Gasteiger partial charge in [-0.1, -0.05) is 23.7 Å². The molecule has 26 heavy (non-hydrogen) atoms. The molecule has 1 N–H and O–H groups in total. The molecule has 146 valence electrons. The predicted octanol–water partition coefficient (Wildman–Crippen LogP) is 5.14. The van der Waals surface area contributed by atoms with E-state index >= 15 is 0 Å². The lowest BCUT2D eigenvalue weighted by Gasteiger charge is -2.35. The molecule has 0 unspecified atom stereocenters. The van der Waals surface area contributed by atoms with Gasteiger partial charge in [-0.2, -0.15) is 0 Å². The SMILES string of the molecule is Cl.Cl.FC(F)(F)Oc1ccc([C@H](c2cccs2)N2CCNCC2)cc1Cl. The Morgan fingerprint density at radius 1 is 1.15 bits per heavy atom. The minimum absolute atomic E-state index is 0. The maximum Gasteiger partial charge on any atom is 0.573 e. The highest BCUT2D eigenvalue weighted by Crippen LogP contribution is 2.37. The van der Waals surface area contributed by atoms with E-state index in [0.29, 0.717) is 0 Å². The topological polar surface area (TPSA) is 24.5 Å². The van der Waals surface area contributed by atoms with Gasteiger partial charge < -0.3 is 10.1 Å². The lowest BCUT2D eigenvalue weighted by atomic mass is 10.0. The van der Waals surface area contributed by atoms with E-state index in [1.54, 1.807) is 23.5 Å². The van der Waals surface area contributed by atoms with Crippen LogP contribution in [-0.2, 0) is 0 Å². The van der Waals surface area contributed by atoms with E-state index in [0.717, 1.165) is 36.6 Å². The average Bonchev–Trinajstić information content (AvgIpc) is 3.04. The minimum Gasteiger partial charge on any atom is -0.404 e. The molecule has 0 saturated carbocycles. The van der Waals surface area contributed by atoms with Crippen LogP contribution in [0.15, 0.2) is 35.7 Å². The Labute approximate surface area is 171 Å². The molecule has 1 atom stereocenters. The van der Waals surface area contributed by atoms with E-state index in [-0.39, 0.29) is 41.6 Å². The van der Waals surface area contributed by atoms with Crippen LogP contribution in [0.25, 0.3) is 0 Å². The Morgan fingerprint density at radius 2 is 1.85 bits per heavy atom. The summed E-state index contributed by atoms with van der Waals surface area (Å²) in [5.41, 5.74) is 0.860. The molecule has 0 aliphatic carbocycles. The van der Waals surface area contributed by atoms with Gasteiger partial charge in [-0.25, -0.2) is 0 Å². The second-order valence-electron chi connectivity index (χ2n) is 5.44. The number of alkyl halides is 3. The van der Waals surface area contributed by atoms with Gasteiger partial charge in [0.05, 0.1) is 11.1 Å². The van der Waals surface area contributed by atoms with Crippen LogP contribution in [0.1, 0.15) is 16.5 Å². The molecule has 0 amide bonds. The van der Waals surface area contributed by atoms with Gasteiger partial charge in [-0.05, 0) is 29.1 Å². The zero-order valence-electron chi connectivity index (χ0n) is 13.5. The first-order valence-corrected chi connectivity index (χ1v) is 8.73. The van der Waals surface area contributed by atoms with Crippen molar-refractivity contribution in [3.8, 4) is 5.75 Å². The van der Waals surface area contributed by atoms with Crippen molar-refractivity contribution in [2.75, 3.05) is 26.2 Å².